The van der Waals surface area contributed by atoms with E-state index in [9.17, 15) is 0 Å². The van der Waals surface area contributed by atoms with Gasteiger partial charge in [-0.05, 0) is 33.6 Å². The van der Waals surface area contributed by atoms with E-state index in [1.54, 1.807) is 0 Å². The molecule has 0 saturated carbocycles. The second-order valence-corrected chi connectivity index (χ2v) is 8.62. The average molecular weight is 286 g/mol. The zero-order valence-corrected chi connectivity index (χ0v) is 14.4. The van der Waals surface area contributed by atoms with Crippen LogP contribution < -0.4 is 0 Å². The van der Waals surface area contributed by atoms with Crippen LogP contribution in [0.25, 0.3) is 6.08 Å². The summed E-state index contributed by atoms with van der Waals surface area (Å²) >= 11 is 1.95. The fourth-order valence-corrected chi connectivity index (χ4v) is 3.24. The minimum absolute atomic E-state index is 0.216. The van der Waals surface area contributed by atoms with E-state index in [0.29, 0.717) is 0 Å². The molecule has 2 rings (SSSR count). The predicted molar refractivity (Wildman–Crippen MR) is 92.4 cm³/mol. The zero-order valence-electron chi connectivity index (χ0n) is 13.6. The van der Waals surface area contributed by atoms with Crippen molar-refractivity contribution in [3.8, 4) is 0 Å². The van der Waals surface area contributed by atoms with E-state index in [1.807, 2.05) is 11.8 Å². The minimum Gasteiger partial charge on any atom is -0.121 e. The molecule has 0 bridgehead atoms. The summed E-state index contributed by atoms with van der Waals surface area (Å²) in [4.78, 5) is 1.40. The van der Waals surface area contributed by atoms with E-state index in [2.05, 4.69) is 78.0 Å². The van der Waals surface area contributed by atoms with Gasteiger partial charge < -0.3 is 0 Å². The average Bonchev–Trinajstić information content (AvgIpc) is 2.26. The second-order valence-electron chi connectivity index (χ2n) is 7.56. The van der Waals surface area contributed by atoms with Crippen molar-refractivity contribution >= 4 is 17.8 Å². The first-order chi connectivity index (χ1) is 9.18. The molecule has 0 saturated heterocycles. The normalized spacial score (nSPS) is 16.2. The summed E-state index contributed by atoms with van der Waals surface area (Å²) in [5.74, 6) is 1.05. The van der Waals surface area contributed by atoms with Crippen molar-refractivity contribution in [2.24, 2.45) is 5.41 Å². The lowest BCUT2D eigenvalue weighted by atomic mass is 9.85. The van der Waals surface area contributed by atoms with Gasteiger partial charge in [-0.25, -0.2) is 0 Å². The Morgan fingerprint density at radius 2 is 1.60 bits per heavy atom. The van der Waals surface area contributed by atoms with Gasteiger partial charge in [-0.1, -0.05) is 71.9 Å². The quantitative estimate of drug-likeness (QED) is 0.557. The summed E-state index contributed by atoms with van der Waals surface area (Å²) in [5.41, 5.74) is 4.62. The van der Waals surface area contributed by atoms with Crippen LogP contribution in [-0.2, 0) is 5.41 Å². The van der Waals surface area contributed by atoms with Gasteiger partial charge in [0.2, 0.25) is 0 Å². The summed E-state index contributed by atoms with van der Waals surface area (Å²) in [7, 11) is 0. The van der Waals surface area contributed by atoms with Crippen molar-refractivity contribution in [2.75, 3.05) is 5.75 Å². The molecule has 1 aliphatic heterocycles. The van der Waals surface area contributed by atoms with Crippen molar-refractivity contribution in [3.63, 3.8) is 0 Å². The molecule has 1 aliphatic rings. The molecule has 1 aromatic rings. The molecule has 108 valence electrons. The molecule has 1 aromatic carbocycles. The third-order valence-corrected chi connectivity index (χ3v) is 4.73. The zero-order chi connectivity index (χ0) is 15.0. The highest BCUT2D eigenvalue weighted by molar-refractivity contribution is 7.99. The SMILES string of the molecule is CC(C)(C)C1=CCSc2cc(C(C)(C)C)ccc2C=C1. The number of benzene rings is 1. The molecular weight excluding hydrogens is 260 g/mol. The first-order valence-corrected chi connectivity index (χ1v) is 8.32. The predicted octanol–water partition coefficient (Wildman–Crippen LogP) is 6.08. The molecule has 0 atom stereocenters. The van der Waals surface area contributed by atoms with Crippen molar-refractivity contribution in [3.05, 3.63) is 47.1 Å². The van der Waals surface area contributed by atoms with Gasteiger partial charge in [0.05, 0.1) is 0 Å². The van der Waals surface area contributed by atoms with Crippen molar-refractivity contribution < 1.29 is 0 Å². The van der Waals surface area contributed by atoms with Crippen molar-refractivity contribution in [1.82, 2.24) is 0 Å². The summed E-state index contributed by atoms with van der Waals surface area (Å²) in [6, 6.07) is 6.90. The summed E-state index contributed by atoms with van der Waals surface area (Å²) in [6.07, 6.45) is 6.92. The number of rotatable bonds is 0. The van der Waals surface area contributed by atoms with Gasteiger partial charge in [0.1, 0.15) is 0 Å². The van der Waals surface area contributed by atoms with Gasteiger partial charge in [-0.2, -0.15) is 0 Å². The van der Waals surface area contributed by atoms with Crippen LogP contribution in [0.3, 0.4) is 0 Å². The third-order valence-electron chi connectivity index (χ3n) is 3.73. The Balaban J connectivity index is 2.37. The van der Waals surface area contributed by atoms with Gasteiger partial charge >= 0.3 is 0 Å². The molecule has 0 amide bonds. The lowest BCUT2D eigenvalue weighted by Gasteiger charge is -2.23. The van der Waals surface area contributed by atoms with Crippen LogP contribution in [0.4, 0.5) is 0 Å². The molecule has 0 fully saturated rings. The van der Waals surface area contributed by atoms with E-state index >= 15 is 0 Å². The largest absolute Gasteiger partial charge is 0.121 e. The van der Waals surface area contributed by atoms with E-state index in [0.717, 1.165) is 5.75 Å². The van der Waals surface area contributed by atoms with Crippen LogP contribution in [-0.4, -0.2) is 5.75 Å². The van der Waals surface area contributed by atoms with E-state index in [4.69, 9.17) is 0 Å². The minimum atomic E-state index is 0.216. The molecule has 0 radical (unpaired) electrons. The van der Waals surface area contributed by atoms with Crippen LogP contribution in [0.15, 0.2) is 40.8 Å². The van der Waals surface area contributed by atoms with Crippen LogP contribution in [0.5, 0.6) is 0 Å². The second kappa shape index (κ2) is 5.44. The van der Waals surface area contributed by atoms with Gasteiger partial charge in [-0.3, -0.25) is 0 Å². The maximum absolute atomic E-state index is 2.37. The molecule has 0 aromatic heterocycles. The van der Waals surface area contributed by atoms with Crippen LogP contribution in [0.2, 0.25) is 0 Å². The van der Waals surface area contributed by atoms with E-state index in [1.165, 1.54) is 21.6 Å². The Labute approximate surface area is 128 Å². The maximum Gasteiger partial charge on any atom is 0.0166 e. The monoisotopic (exact) mass is 286 g/mol. The van der Waals surface area contributed by atoms with E-state index in [-0.39, 0.29) is 10.8 Å². The molecule has 0 N–H and O–H groups in total. The highest BCUT2D eigenvalue weighted by atomic mass is 32.2. The Morgan fingerprint density at radius 3 is 2.20 bits per heavy atom. The summed E-state index contributed by atoms with van der Waals surface area (Å²) < 4.78 is 0. The molecule has 0 spiro atoms. The Morgan fingerprint density at radius 1 is 0.900 bits per heavy atom. The lowest BCUT2D eigenvalue weighted by Crippen LogP contribution is -2.11. The molecule has 1 heteroatoms. The lowest BCUT2D eigenvalue weighted by molar-refractivity contribution is 0.517. The van der Waals surface area contributed by atoms with Crippen molar-refractivity contribution in [1.29, 1.82) is 0 Å². The molecule has 0 unspecified atom stereocenters. The van der Waals surface area contributed by atoms with Gasteiger partial charge in [0.15, 0.2) is 0 Å². The molecule has 1 heterocycles. The maximum atomic E-state index is 2.37. The topological polar surface area (TPSA) is 0 Å². The number of thioether (sulfide) groups is 1. The standard InChI is InChI=1S/C19H26S/c1-18(2,3)15-9-7-14-8-10-16(19(4,5)6)13-17(14)20-12-11-15/h7-11,13H,12H2,1-6H3. The fourth-order valence-electron chi connectivity index (χ4n) is 2.29. The number of fused-ring (bicyclic) bond motifs is 1. The summed E-state index contributed by atoms with van der Waals surface area (Å²) in [5, 5.41) is 0. The molecule has 0 nitrogen and oxygen atoms in total. The Hall–Kier alpha value is -0.950. The Bertz CT molecular complexity index is 548. The molecule has 0 aliphatic carbocycles. The van der Waals surface area contributed by atoms with Gasteiger partial charge in [-0.15, -0.1) is 11.8 Å². The van der Waals surface area contributed by atoms with Crippen LogP contribution in [0.1, 0.15) is 52.7 Å². The van der Waals surface area contributed by atoms with Gasteiger partial charge in [0.25, 0.3) is 0 Å². The fraction of sp³-hybridized carbons (Fsp3) is 0.474. The number of hydrogen-bond donors (Lipinski definition) is 0. The highest BCUT2D eigenvalue weighted by Crippen LogP contribution is 2.35. The highest BCUT2D eigenvalue weighted by Gasteiger charge is 2.18. The number of allylic oxidation sites excluding steroid dienone is 2. The number of hydrogen-bond acceptors (Lipinski definition) is 1. The summed E-state index contributed by atoms with van der Waals surface area (Å²) in [6.45, 7) is 13.7. The first kappa shape index (κ1) is 15.4. The van der Waals surface area contributed by atoms with E-state index < -0.39 is 0 Å². The first-order valence-electron chi connectivity index (χ1n) is 7.34. The molecular formula is C19H26S. The van der Waals surface area contributed by atoms with Crippen LogP contribution >= 0.6 is 11.8 Å². The van der Waals surface area contributed by atoms with Crippen LogP contribution in [0, 0.1) is 5.41 Å². The Kier molecular flexibility index (Phi) is 4.20. The smallest absolute Gasteiger partial charge is 0.0166 e. The molecule has 20 heavy (non-hydrogen) atoms. The van der Waals surface area contributed by atoms with Gasteiger partial charge in [0, 0.05) is 10.6 Å². The third kappa shape index (κ3) is 3.58. The van der Waals surface area contributed by atoms with Crippen molar-refractivity contribution in [2.45, 2.75) is 51.9 Å².